The van der Waals surface area contributed by atoms with Gasteiger partial charge in [-0.25, -0.2) is 0 Å². The highest BCUT2D eigenvalue weighted by Gasteiger charge is 2.32. The Bertz CT molecular complexity index is 660. The zero-order chi connectivity index (χ0) is 15.1. The van der Waals surface area contributed by atoms with Crippen LogP contribution < -0.4 is 0 Å². The van der Waals surface area contributed by atoms with Crippen LogP contribution in [0.3, 0.4) is 0 Å². The first kappa shape index (κ1) is 15.2. The molecule has 2 aromatic rings. The lowest BCUT2D eigenvalue weighted by atomic mass is 10.0. The number of carbonyl (C=O) groups is 1. The van der Waals surface area contributed by atoms with Crippen molar-refractivity contribution in [1.29, 1.82) is 0 Å². The maximum atomic E-state index is 12.7. The monoisotopic (exact) mass is 410 g/mol. The third kappa shape index (κ3) is 2.80. The Hall–Kier alpha value is -1.15. The van der Waals surface area contributed by atoms with Crippen molar-refractivity contribution < 1.29 is 18.0 Å². The Morgan fingerprint density at radius 3 is 2.40 bits per heavy atom. The van der Waals surface area contributed by atoms with Crippen molar-refractivity contribution in [3.63, 3.8) is 0 Å². The molecule has 0 aliphatic carbocycles. The van der Waals surface area contributed by atoms with Crippen LogP contribution in [0.2, 0.25) is 0 Å². The number of nitrogens with zero attached hydrogens (tertiary/aromatic N) is 2. The molecule has 3 nitrogen and oxygen atoms in total. The van der Waals surface area contributed by atoms with E-state index in [0.29, 0.717) is 8.95 Å². The van der Waals surface area contributed by atoms with Gasteiger partial charge >= 0.3 is 6.18 Å². The molecule has 0 spiro atoms. The van der Waals surface area contributed by atoms with Crippen LogP contribution in [0.1, 0.15) is 21.6 Å². The number of rotatable bonds is 2. The van der Waals surface area contributed by atoms with Gasteiger partial charge in [-0.15, -0.1) is 0 Å². The Morgan fingerprint density at radius 2 is 1.90 bits per heavy atom. The Morgan fingerprint density at radius 1 is 1.25 bits per heavy atom. The van der Waals surface area contributed by atoms with E-state index < -0.39 is 17.5 Å². The van der Waals surface area contributed by atoms with Gasteiger partial charge in [0.1, 0.15) is 5.69 Å². The summed E-state index contributed by atoms with van der Waals surface area (Å²) in [5.41, 5.74) is -0.753. The molecule has 0 bridgehead atoms. The molecule has 0 unspecified atom stereocenters. The predicted molar refractivity (Wildman–Crippen MR) is 73.5 cm³/mol. The molecule has 0 aliphatic heterocycles. The van der Waals surface area contributed by atoms with Crippen molar-refractivity contribution in [2.24, 2.45) is 7.05 Å². The first-order valence-electron chi connectivity index (χ1n) is 5.30. The van der Waals surface area contributed by atoms with Gasteiger partial charge in [0.15, 0.2) is 0 Å². The zero-order valence-electron chi connectivity index (χ0n) is 10.0. The molecule has 0 saturated carbocycles. The van der Waals surface area contributed by atoms with E-state index in [4.69, 9.17) is 0 Å². The third-order valence-electron chi connectivity index (χ3n) is 2.65. The molecule has 20 heavy (non-hydrogen) atoms. The average Bonchev–Trinajstić information content (AvgIpc) is 2.67. The van der Waals surface area contributed by atoms with E-state index in [1.165, 1.54) is 16.9 Å². The van der Waals surface area contributed by atoms with Gasteiger partial charge in [-0.2, -0.15) is 18.3 Å². The maximum Gasteiger partial charge on any atom is 0.416 e. The summed E-state index contributed by atoms with van der Waals surface area (Å²) in [6, 6.07) is 2.95. The number of ketones is 1. The number of benzene rings is 1. The second kappa shape index (κ2) is 5.33. The zero-order valence-corrected chi connectivity index (χ0v) is 13.2. The van der Waals surface area contributed by atoms with Crippen LogP contribution in [-0.2, 0) is 13.2 Å². The molecule has 1 aromatic carbocycles. The summed E-state index contributed by atoms with van der Waals surface area (Å²) >= 11 is 6.26. The van der Waals surface area contributed by atoms with E-state index in [0.717, 1.165) is 12.1 Å². The Kier molecular flexibility index (Phi) is 4.06. The lowest BCUT2D eigenvalue weighted by Crippen LogP contribution is -2.12. The quantitative estimate of drug-likeness (QED) is 0.694. The molecule has 0 atom stereocenters. The van der Waals surface area contributed by atoms with Crippen LogP contribution in [-0.4, -0.2) is 15.6 Å². The SMILES string of the molecule is Cn1ncc(Br)c1C(=O)c1cc(C(F)(F)F)ccc1Br. The van der Waals surface area contributed by atoms with Crippen molar-refractivity contribution in [3.8, 4) is 0 Å². The van der Waals surface area contributed by atoms with Crippen molar-refractivity contribution in [3.05, 3.63) is 50.2 Å². The first-order chi connectivity index (χ1) is 9.21. The summed E-state index contributed by atoms with van der Waals surface area (Å²) in [6.45, 7) is 0. The third-order valence-corrected chi connectivity index (χ3v) is 3.92. The van der Waals surface area contributed by atoms with E-state index in [9.17, 15) is 18.0 Å². The largest absolute Gasteiger partial charge is 0.416 e. The normalized spacial score (nSPS) is 11.7. The fourth-order valence-electron chi connectivity index (χ4n) is 1.67. The minimum absolute atomic E-state index is 0.0656. The lowest BCUT2D eigenvalue weighted by Gasteiger charge is -2.10. The molecule has 0 fully saturated rings. The maximum absolute atomic E-state index is 12.7. The van der Waals surface area contributed by atoms with Crippen molar-refractivity contribution in [2.45, 2.75) is 6.18 Å². The molecular formula is C12H7Br2F3N2O. The second-order valence-corrected chi connectivity index (χ2v) is 5.69. The van der Waals surface area contributed by atoms with E-state index in [-0.39, 0.29) is 11.3 Å². The van der Waals surface area contributed by atoms with Gasteiger partial charge in [0.25, 0.3) is 0 Å². The van der Waals surface area contributed by atoms with Crippen LogP contribution in [0.5, 0.6) is 0 Å². The average molecular weight is 412 g/mol. The molecular weight excluding hydrogens is 405 g/mol. The van der Waals surface area contributed by atoms with E-state index in [2.05, 4.69) is 37.0 Å². The van der Waals surface area contributed by atoms with E-state index >= 15 is 0 Å². The van der Waals surface area contributed by atoms with Gasteiger partial charge in [0.05, 0.1) is 16.2 Å². The van der Waals surface area contributed by atoms with Crippen LogP contribution in [0.4, 0.5) is 13.2 Å². The molecule has 0 amide bonds. The molecule has 2 rings (SSSR count). The van der Waals surface area contributed by atoms with Crippen molar-refractivity contribution in [2.75, 3.05) is 0 Å². The Labute approximate surface area is 129 Å². The number of alkyl halides is 3. The highest BCUT2D eigenvalue weighted by atomic mass is 79.9. The summed E-state index contributed by atoms with van der Waals surface area (Å²) in [5, 5.41) is 3.88. The second-order valence-electron chi connectivity index (χ2n) is 3.99. The minimum Gasteiger partial charge on any atom is -0.287 e. The lowest BCUT2D eigenvalue weighted by molar-refractivity contribution is -0.137. The van der Waals surface area contributed by atoms with E-state index in [1.807, 2.05) is 0 Å². The highest BCUT2D eigenvalue weighted by Crippen LogP contribution is 2.33. The minimum atomic E-state index is -4.50. The van der Waals surface area contributed by atoms with E-state index in [1.54, 1.807) is 7.05 Å². The molecule has 0 radical (unpaired) electrons. The molecule has 106 valence electrons. The predicted octanol–water partition coefficient (Wildman–Crippen LogP) is 4.19. The molecule has 1 heterocycles. The van der Waals surface area contributed by atoms with Gasteiger partial charge in [0.2, 0.25) is 5.78 Å². The molecule has 0 aliphatic rings. The van der Waals surface area contributed by atoms with Crippen LogP contribution in [0, 0.1) is 0 Å². The van der Waals surface area contributed by atoms with Gasteiger partial charge in [0, 0.05) is 17.1 Å². The molecule has 0 N–H and O–H groups in total. The Balaban J connectivity index is 2.55. The molecule has 1 aromatic heterocycles. The number of aryl methyl sites for hydroxylation is 1. The van der Waals surface area contributed by atoms with Gasteiger partial charge in [-0.05, 0) is 34.1 Å². The fourth-order valence-corrected chi connectivity index (χ4v) is 2.62. The number of aromatic nitrogens is 2. The van der Waals surface area contributed by atoms with Crippen molar-refractivity contribution in [1.82, 2.24) is 9.78 Å². The number of carbonyl (C=O) groups excluding carboxylic acids is 1. The van der Waals surface area contributed by atoms with Crippen LogP contribution in [0.25, 0.3) is 0 Å². The van der Waals surface area contributed by atoms with Crippen LogP contribution >= 0.6 is 31.9 Å². The molecule has 8 heteroatoms. The highest BCUT2D eigenvalue weighted by molar-refractivity contribution is 9.10. The molecule has 0 saturated heterocycles. The topological polar surface area (TPSA) is 34.9 Å². The smallest absolute Gasteiger partial charge is 0.287 e. The summed E-state index contributed by atoms with van der Waals surface area (Å²) in [6.07, 6.45) is -3.09. The fraction of sp³-hybridized carbons (Fsp3) is 0.167. The number of hydrogen-bond donors (Lipinski definition) is 0. The first-order valence-corrected chi connectivity index (χ1v) is 6.89. The van der Waals surface area contributed by atoms with Crippen LogP contribution in [0.15, 0.2) is 33.3 Å². The summed E-state index contributed by atoms with van der Waals surface area (Å²) < 4.78 is 40.2. The van der Waals surface area contributed by atoms with Gasteiger partial charge in [-0.3, -0.25) is 9.48 Å². The summed E-state index contributed by atoms with van der Waals surface area (Å²) in [4.78, 5) is 12.4. The summed E-state index contributed by atoms with van der Waals surface area (Å²) in [7, 11) is 1.54. The van der Waals surface area contributed by atoms with Gasteiger partial charge < -0.3 is 0 Å². The standard InChI is InChI=1S/C12H7Br2F3N2O/c1-19-10(9(14)5-18-19)11(20)7-4-6(12(15,16)17)2-3-8(7)13/h2-5H,1H3. The number of hydrogen-bond acceptors (Lipinski definition) is 2. The van der Waals surface area contributed by atoms with Gasteiger partial charge in [-0.1, -0.05) is 15.9 Å². The summed E-state index contributed by atoms with van der Waals surface area (Å²) in [5.74, 6) is -0.546. The van der Waals surface area contributed by atoms with Crippen molar-refractivity contribution >= 4 is 37.6 Å². The number of halogens is 5.